The fourth-order valence-corrected chi connectivity index (χ4v) is 1.83. The molecule has 0 aliphatic heterocycles. The standard InChI is InChI=1S/C12H14N2.2C2H6/c1-3-9-6-5-7-10-8-13-14-11(4-2)12(9)10;2*1-2/h5-8H,3-4H2,1-2H3;2*1-2H3. The van der Waals surface area contributed by atoms with E-state index in [0.29, 0.717) is 0 Å². The van der Waals surface area contributed by atoms with E-state index in [1.807, 2.05) is 33.9 Å². The lowest BCUT2D eigenvalue weighted by molar-refractivity contribution is 0.935. The molecule has 1 aromatic heterocycles. The molecule has 0 fully saturated rings. The highest BCUT2D eigenvalue weighted by atomic mass is 15.1. The summed E-state index contributed by atoms with van der Waals surface area (Å²) in [5.41, 5.74) is 2.48. The number of benzene rings is 1. The van der Waals surface area contributed by atoms with Crippen LogP contribution in [0.2, 0.25) is 0 Å². The van der Waals surface area contributed by atoms with Crippen LogP contribution < -0.4 is 0 Å². The molecule has 2 nitrogen and oxygen atoms in total. The van der Waals surface area contributed by atoms with Crippen LogP contribution in [0.1, 0.15) is 52.8 Å². The topological polar surface area (TPSA) is 25.8 Å². The van der Waals surface area contributed by atoms with Crippen molar-refractivity contribution in [3.05, 3.63) is 35.7 Å². The molecule has 0 radical (unpaired) electrons. The Bertz CT molecular complexity index is 411. The molecule has 0 amide bonds. The smallest absolute Gasteiger partial charge is 0.0709 e. The van der Waals surface area contributed by atoms with E-state index in [0.717, 1.165) is 18.5 Å². The molecule has 0 spiro atoms. The van der Waals surface area contributed by atoms with Crippen molar-refractivity contribution < 1.29 is 0 Å². The second kappa shape index (κ2) is 9.58. The molecule has 100 valence electrons. The molecule has 18 heavy (non-hydrogen) atoms. The Balaban J connectivity index is 0.000000659. The first-order valence-corrected chi connectivity index (χ1v) is 7.09. The van der Waals surface area contributed by atoms with Gasteiger partial charge >= 0.3 is 0 Å². The molecule has 0 N–H and O–H groups in total. The number of hydrogen-bond donors (Lipinski definition) is 0. The summed E-state index contributed by atoms with van der Waals surface area (Å²) in [7, 11) is 0. The molecule has 0 bridgehead atoms. The average Bonchev–Trinajstić information content (AvgIpc) is 2.50. The van der Waals surface area contributed by atoms with Crippen LogP contribution in [-0.2, 0) is 12.8 Å². The minimum atomic E-state index is 0.946. The minimum Gasteiger partial charge on any atom is -0.158 e. The Morgan fingerprint density at radius 2 is 1.61 bits per heavy atom. The minimum absolute atomic E-state index is 0.946. The number of aryl methyl sites for hydroxylation is 2. The molecule has 2 heteroatoms. The van der Waals surface area contributed by atoms with Crippen molar-refractivity contribution in [2.45, 2.75) is 54.4 Å². The molecule has 0 aliphatic rings. The van der Waals surface area contributed by atoms with E-state index in [9.17, 15) is 0 Å². The van der Waals surface area contributed by atoms with Crippen molar-refractivity contribution in [3.8, 4) is 0 Å². The van der Waals surface area contributed by atoms with Crippen LogP contribution in [0.5, 0.6) is 0 Å². The summed E-state index contributed by atoms with van der Waals surface area (Å²) in [6.07, 6.45) is 3.84. The molecule has 0 atom stereocenters. The molecule has 1 heterocycles. The van der Waals surface area contributed by atoms with E-state index in [4.69, 9.17) is 0 Å². The third-order valence-electron chi connectivity index (χ3n) is 2.56. The van der Waals surface area contributed by atoms with Crippen LogP contribution in [0.4, 0.5) is 0 Å². The molecule has 2 aromatic rings. The fourth-order valence-electron chi connectivity index (χ4n) is 1.83. The van der Waals surface area contributed by atoms with Gasteiger partial charge in [0.15, 0.2) is 0 Å². The van der Waals surface area contributed by atoms with Gasteiger partial charge in [-0.3, -0.25) is 0 Å². The highest BCUT2D eigenvalue weighted by Gasteiger charge is 2.04. The zero-order valence-electron chi connectivity index (χ0n) is 12.6. The highest BCUT2D eigenvalue weighted by Crippen LogP contribution is 2.21. The van der Waals surface area contributed by atoms with E-state index < -0.39 is 0 Å². The Morgan fingerprint density at radius 3 is 2.17 bits per heavy atom. The van der Waals surface area contributed by atoms with Crippen molar-refractivity contribution >= 4 is 10.8 Å². The van der Waals surface area contributed by atoms with Gasteiger partial charge in [0.2, 0.25) is 0 Å². The fraction of sp³-hybridized carbons (Fsp3) is 0.500. The predicted octanol–water partition coefficient (Wildman–Crippen LogP) is 4.81. The van der Waals surface area contributed by atoms with Crippen LogP contribution in [0.25, 0.3) is 10.8 Å². The predicted molar refractivity (Wildman–Crippen MR) is 81.0 cm³/mol. The lowest BCUT2D eigenvalue weighted by atomic mass is 10.0. The van der Waals surface area contributed by atoms with Gasteiger partial charge in [-0.15, -0.1) is 0 Å². The zero-order valence-corrected chi connectivity index (χ0v) is 12.6. The molecule has 1 aromatic carbocycles. The first-order valence-electron chi connectivity index (χ1n) is 7.09. The van der Waals surface area contributed by atoms with Crippen LogP contribution in [0.3, 0.4) is 0 Å². The van der Waals surface area contributed by atoms with Gasteiger partial charge in [0.05, 0.1) is 11.9 Å². The molecular formula is C16H26N2. The van der Waals surface area contributed by atoms with Gasteiger partial charge in [-0.1, -0.05) is 59.7 Å². The average molecular weight is 246 g/mol. The summed E-state index contributed by atoms with van der Waals surface area (Å²) in [5.74, 6) is 0. The maximum Gasteiger partial charge on any atom is 0.0709 e. The molecule has 0 saturated carbocycles. The van der Waals surface area contributed by atoms with Crippen molar-refractivity contribution in [2.75, 3.05) is 0 Å². The number of aromatic nitrogens is 2. The van der Waals surface area contributed by atoms with Gasteiger partial charge in [-0.05, 0) is 18.4 Å². The van der Waals surface area contributed by atoms with Gasteiger partial charge in [0.1, 0.15) is 0 Å². The largest absolute Gasteiger partial charge is 0.158 e. The molecule has 0 saturated heterocycles. The number of nitrogens with zero attached hydrogens (tertiary/aromatic N) is 2. The third kappa shape index (κ3) is 3.80. The first-order chi connectivity index (χ1) is 8.86. The van der Waals surface area contributed by atoms with Crippen molar-refractivity contribution in [1.29, 1.82) is 0 Å². The van der Waals surface area contributed by atoms with Crippen LogP contribution >= 0.6 is 0 Å². The maximum atomic E-state index is 4.18. The van der Waals surface area contributed by atoms with E-state index in [2.05, 4.69) is 42.2 Å². The summed E-state index contributed by atoms with van der Waals surface area (Å²) in [6.45, 7) is 12.3. The quantitative estimate of drug-likeness (QED) is 0.760. The molecule has 2 rings (SSSR count). The number of rotatable bonds is 2. The van der Waals surface area contributed by atoms with E-state index in [-0.39, 0.29) is 0 Å². The monoisotopic (exact) mass is 246 g/mol. The SMILES string of the molecule is CC.CC.CCc1cccc2cnnc(CC)c12. The van der Waals surface area contributed by atoms with E-state index >= 15 is 0 Å². The molecule has 0 aliphatic carbocycles. The number of fused-ring (bicyclic) bond motifs is 1. The first kappa shape index (κ1) is 16.6. The lowest BCUT2D eigenvalue weighted by Crippen LogP contribution is -1.95. The summed E-state index contributed by atoms with van der Waals surface area (Å²) in [4.78, 5) is 0. The third-order valence-corrected chi connectivity index (χ3v) is 2.56. The molecule has 0 unspecified atom stereocenters. The Hall–Kier alpha value is -1.44. The second-order valence-electron chi connectivity index (χ2n) is 3.38. The van der Waals surface area contributed by atoms with Gasteiger partial charge < -0.3 is 0 Å². The van der Waals surface area contributed by atoms with E-state index in [1.54, 1.807) is 0 Å². The number of hydrogen-bond acceptors (Lipinski definition) is 2. The molecular weight excluding hydrogens is 220 g/mol. The van der Waals surface area contributed by atoms with Gasteiger partial charge in [0, 0.05) is 10.8 Å². The Morgan fingerprint density at radius 1 is 0.944 bits per heavy atom. The van der Waals surface area contributed by atoms with Crippen LogP contribution in [-0.4, -0.2) is 10.2 Å². The lowest BCUT2D eigenvalue weighted by Gasteiger charge is -2.06. The van der Waals surface area contributed by atoms with Crippen LogP contribution in [0.15, 0.2) is 24.4 Å². The Labute approximate surface area is 111 Å². The zero-order chi connectivity index (χ0) is 14.0. The Kier molecular flexibility index (Phi) is 8.81. The van der Waals surface area contributed by atoms with Gasteiger partial charge in [-0.2, -0.15) is 10.2 Å². The van der Waals surface area contributed by atoms with Gasteiger partial charge in [-0.25, -0.2) is 0 Å². The summed E-state index contributed by atoms with van der Waals surface area (Å²) in [5, 5.41) is 10.7. The summed E-state index contributed by atoms with van der Waals surface area (Å²) in [6, 6.07) is 6.35. The maximum absolute atomic E-state index is 4.18. The summed E-state index contributed by atoms with van der Waals surface area (Å²) < 4.78 is 0. The van der Waals surface area contributed by atoms with Crippen LogP contribution in [0, 0.1) is 0 Å². The van der Waals surface area contributed by atoms with Crippen molar-refractivity contribution in [1.82, 2.24) is 10.2 Å². The van der Waals surface area contributed by atoms with Gasteiger partial charge in [0.25, 0.3) is 0 Å². The van der Waals surface area contributed by atoms with Crippen molar-refractivity contribution in [2.24, 2.45) is 0 Å². The second-order valence-corrected chi connectivity index (χ2v) is 3.38. The van der Waals surface area contributed by atoms with E-state index in [1.165, 1.54) is 16.3 Å². The normalized spacial score (nSPS) is 9.00. The summed E-state index contributed by atoms with van der Waals surface area (Å²) >= 11 is 0. The van der Waals surface area contributed by atoms with Crippen molar-refractivity contribution in [3.63, 3.8) is 0 Å². The highest BCUT2D eigenvalue weighted by molar-refractivity contribution is 5.86.